The second kappa shape index (κ2) is 7.34. The normalized spacial score (nSPS) is 14.8. The Kier molecular flexibility index (Phi) is 7.65. The van der Waals surface area contributed by atoms with E-state index < -0.39 is 0 Å². The molecule has 0 nitrogen and oxygen atoms in total. The molecule has 8 heavy (non-hydrogen) atoms. The predicted molar refractivity (Wildman–Crippen MR) is 46.3 cm³/mol. The monoisotopic (exact) mass is 146 g/mol. The highest BCUT2D eigenvalue weighted by Gasteiger charge is 1.69. The van der Waals surface area contributed by atoms with Crippen molar-refractivity contribution >= 4 is 16.5 Å². The van der Waals surface area contributed by atoms with Crippen LogP contribution in [0, 0.1) is 0 Å². The van der Waals surface area contributed by atoms with Crippen LogP contribution >= 0.6 is 16.5 Å². The first-order valence-electron chi connectivity index (χ1n) is 2.65. The van der Waals surface area contributed by atoms with Gasteiger partial charge in [0.2, 0.25) is 0 Å². The van der Waals surface area contributed by atoms with Crippen molar-refractivity contribution in [3.63, 3.8) is 0 Å². The first-order chi connectivity index (χ1) is 3.91. The SMILES string of the molecule is CC=CPPC=CC. The molecule has 0 N–H and O–H groups in total. The standard InChI is InChI=1S/C6H12P2/c1-3-5-7-8-6-4-2/h3-8H,1-2H3. The van der Waals surface area contributed by atoms with Crippen molar-refractivity contribution in [1.29, 1.82) is 0 Å². The maximum absolute atomic E-state index is 2.22. The Hall–Kier alpha value is 0.340. The third-order valence-corrected chi connectivity index (χ3v) is 3.25. The Morgan fingerprint density at radius 3 is 1.50 bits per heavy atom. The molecule has 0 saturated heterocycles. The summed E-state index contributed by atoms with van der Waals surface area (Å²) in [7, 11) is 2.00. The van der Waals surface area contributed by atoms with Crippen molar-refractivity contribution < 1.29 is 0 Å². The molecular formula is C6H12P2. The van der Waals surface area contributed by atoms with E-state index in [1.54, 1.807) is 0 Å². The average molecular weight is 146 g/mol. The molecule has 0 radical (unpaired) electrons. The minimum absolute atomic E-state index is 0.999. The van der Waals surface area contributed by atoms with E-state index in [1.807, 2.05) is 0 Å². The molecule has 0 rings (SSSR count). The number of hydrogen-bond acceptors (Lipinski definition) is 0. The summed E-state index contributed by atoms with van der Waals surface area (Å²) in [5.41, 5.74) is 0. The van der Waals surface area contributed by atoms with Crippen LogP contribution in [-0.2, 0) is 0 Å². The fourth-order valence-electron chi connectivity index (χ4n) is 0.263. The molecular weight excluding hydrogens is 134 g/mol. The van der Waals surface area contributed by atoms with Crippen LogP contribution in [0.5, 0.6) is 0 Å². The van der Waals surface area contributed by atoms with E-state index in [4.69, 9.17) is 0 Å². The van der Waals surface area contributed by atoms with E-state index in [9.17, 15) is 0 Å². The number of rotatable bonds is 3. The Bertz CT molecular complexity index is 72.5. The summed E-state index contributed by atoms with van der Waals surface area (Å²) in [5, 5.41) is 0. The van der Waals surface area contributed by atoms with Gasteiger partial charge in [-0.3, -0.25) is 0 Å². The predicted octanol–water partition coefficient (Wildman–Crippen LogP) is 3.33. The van der Waals surface area contributed by atoms with Crippen molar-refractivity contribution in [3.05, 3.63) is 23.8 Å². The quantitative estimate of drug-likeness (QED) is 0.423. The Morgan fingerprint density at radius 1 is 0.875 bits per heavy atom. The van der Waals surface area contributed by atoms with Gasteiger partial charge in [0.25, 0.3) is 0 Å². The molecule has 0 aliphatic rings. The lowest BCUT2D eigenvalue weighted by Crippen LogP contribution is -1.32. The van der Waals surface area contributed by atoms with Gasteiger partial charge >= 0.3 is 0 Å². The summed E-state index contributed by atoms with van der Waals surface area (Å²) in [6.07, 6.45) is 4.21. The van der Waals surface area contributed by atoms with Crippen molar-refractivity contribution in [2.45, 2.75) is 13.8 Å². The first-order valence-corrected chi connectivity index (χ1v) is 5.80. The molecule has 0 aromatic heterocycles. The van der Waals surface area contributed by atoms with Gasteiger partial charge in [0, 0.05) is 0 Å². The maximum Gasteiger partial charge on any atom is -0.0466 e. The molecule has 2 atom stereocenters. The molecule has 46 valence electrons. The Morgan fingerprint density at radius 2 is 1.25 bits per heavy atom. The van der Waals surface area contributed by atoms with E-state index in [2.05, 4.69) is 37.6 Å². The van der Waals surface area contributed by atoms with Gasteiger partial charge in [-0.2, -0.15) is 0 Å². The zero-order valence-corrected chi connectivity index (χ0v) is 7.31. The molecule has 2 heteroatoms. The highest BCUT2D eigenvalue weighted by atomic mass is 32.0. The second-order valence-corrected chi connectivity index (χ2v) is 4.26. The molecule has 0 spiro atoms. The summed E-state index contributed by atoms with van der Waals surface area (Å²) in [6.45, 7) is 4.13. The van der Waals surface area contributed by atoms with Gasteiger partial charge in [-0.25, -0.2) is 0 Å². The molecule has 0 heterocycles. The van der Waals surface area contributed by atoms with Gasteiger partial charge in [0.05, 0.1) is 0 Å². The largest absolute Gasteiger partial charge is 0.0871 e. The molecule has 0 amide bonds. The van der Waals surface area contributed by atoms with Gasteiger partial charge in [-0.1, -0.05) is 40.3 Å². The van der Waals surface area contributed by atoms with E-state index >= 15 is 0 Å². The summed E-state index contributed by atoms with van der Waals surface area (Å²) in [4.78, 5) is 0. The van der Waals surface area contributed by atoms with E-state index in [0.29, 0.717) is 0 Å². The van der Waals surface area contributed by atoms with Crippen LogP contribution < -0.4 is 0 Å². The van der Waals surface area contributed by atoms with Crippen LogP contribution in [0.2, 0.25) is 0 Å². The lowest BCUT2D eigenvalue weighted by atomic mass is 10.8. The average Bonchev–Trinajstić information content (AvgIpc) is 1.81. The van der Waals surface area contributed by atoms with Crippen LogP contribution in [-0.4, -0.2) is 0 Å². The third-order valence-electron chi connectivity index (χ3n) is 0.583. The molecule has 2 unspecified atom stereocenters. The fraction of sp³-hybridized carbons (Fsp3) is 0.333. The zero-order valence-electron chi connectivity index (χ0n) is 5.31. The lowest BCUT2D eigenvalue weighted by Gasteiger charge is -1.82. The lowest BCUT2D eigenvalue weighted by molar-refractivity contribution is 1.78. The number of hydrogen-bond donors (Lipinski definition) is 0. The van der Waals surface area contributed by atoms with Crippen molar-refractivity contribution in [2.75, 3.05) is 0 Å². The van der Waals surface area contributed by atoms with Crippen molar-refractivity contribution in [1.82, 2.24) is 0 Å². The third kappa shape index (κ3) is 6.34. The first kappa shape index (κ1) is 8.34. The second-order valence-electron chi connectivity index (χ2n) is 1.29. The van der Waals surface area contributed by atoms with Crippen LogP contribution in [0.15, 0.2) is 23.8 Å². The van der Waals surface area contributed by atoms with Crippen LogP contribution in [0.25, 0.3) is 0 Å². The van der Waals surface area contributed by atoms with Gasteiger partial charge < -0.3 is 0 Å². The van der Waals surface area contributed by atoms with Gasteiger partial charge in [-0.05, 0) is 13.8 Å². The summed E-state index contributed by atoms with van der Waals surface area (Å²) >= 11 is 0. The zero-order chi connectivity index (χ0) is 6.24. The van der Waals surface area contributed by atoms with E-state index in [-0.39, 0.29) is 0 Å². The molecule has 0 aliphatic heterocycles. The van der Waals surface area contributed by atoms with Crippen LogP contribution in [0.4, 0.5) is 0 Å². The minimum atomic E-state index is 0.999. The maximum atomic E-state index is 2.22. The fourth-order valence-corrected chi connectivity index (χ4v) is 2.37. The van der Waals surface area contributed by atoms with Gasteiger partial charge in [-0.15, -0.1) is 0 Å². The van der Waals surface area contributed by atoms with E-state index in [0.717, 1.165) is 16.5 Å². The molecule has 0 aromatic rings. The smallest absolute Gasteiger partial charge is 0.0466 e. The molecule has 0 aromatic carbocycles. The summed E-state index contributed by atoms with van der Waals surface area (Å²) < 4.78 is 0. The molecule has 0 bridgehead atoms. The molecule has 0 fully saturated rings. The van der Waals surface area contributed by atoms with Crippen molar-refractivity contribution in [2.24, 2.45) is 0 Å². The Labute approximate surface area is 54.9 Å². The van der Waals surface area contributed by atoms with E-state index in [1.165, 1.54) is 0 Å². The highest BCUT2D eigenvalue weighted by molar-refractivity contribution is 8.14. The van der Waals surface area contributed by atoms with Crippen LogP contribution in [0.1, 0.15) is 13.8 Å². The van der Waals surface area contributed by atoms with Crippen molar-refractivity contribution in [3.8, 4) is 0 Å². The summed E-state index contributed by atoms with van der Waals surface area (Å²) in [5.74, 6) is 4.44. The topological polar surface area (TPSA) is 0 Å². The molecule has 0 aliphatic carbocycles. The Balaban J connectivity index is 2.93. The van der Waals surface area contributed by atoms with Gasteiger partial charge in [0.1, 0.15) is 0 Å². The summed E-state index contributed by atoms with van der Waals surface area (Å²) in [6, 6.07) is 0. The molecule has 0 saturated carbocycles. The minimum Gasteiger partial charge on any atom is -0.0871 e. The van der Waals surface area contributed by atoms with Crippen LogP contribution in [0.3, 0.4) is 0 Å². The highest BCUT2D eigenvalue weighted by Crippen LogP contribution is 2.38. The number of allylic oxidation sites excluding steroid dienone is 2. The van der Waals surface area contributed by atoms with Gasteiger partial charge in [0.15, 0.2) is 0 Å².